The molecule has 214 valence electrons. The van der Waals surface area contributed by atoms with Gasteiger partial charge in [0.05, 0.1) is 22.5 Å². The number of anilines is 1. The molecule has 42 heavy (non-hydrogen) atoms. The van der Waals surface area contributed by atoms with Crippen molar-refractivity contribution in [3.8, 4) is 5.75 Å². The van der Waals surface area contributed by atoms with Gasteiger partial charge in [-0.1, -0.05) is 73.3 Å². The molecular weight excluding hydrogens is 576 g/mol. The highest BCUT2D eigenvalue weighted by molar-refractivity contribution is 7.21. The lowest BCUT2D eigenvalue weighted by molar-refractivity contribution is -0.136. The number of hydrogen-bond acceptors (Lipinski definition) is 7. The van der Waals surface area contributed by atoms with Crippen molar-refractivity contribution in [3.63, 3.8) is 0 Å². The second-order valence-electron chi connectivity index (χ2n) is 9.68. The summed E-state index contributed by atoms with van der Waals surface area (Å²) in [6, 6.07) is 20.6. The van der Waals surface area contributed by atoms with Crippen molar-refractivity contribution in [2.75, 3.05) is 5.32 Å². The smallest absolute Gasteiger partial charge is 0.355 e. The van der Waals surface area contributed by atoms with Crippen LogP contribution in [0, 0.1) is 0 Å². The van der Waals surface area contributed by atoms with Gasteiger partial charge in [-0.25, -0.2) is 10.2 Å². The molecule has 0 bridgehead atoms. The van der Waals surface area contributed by atoms with E-state index in [0.717, 1.165) is 42.2 Å². The third-order valence-corrected chi connectivity index (χ3v) is 8.43. The highest BCUT2D eigenvalue weighted by atomic mass is 35.5. The third kappa shape index (κ3) is 6.84. The lowest BCUT2D eigenvalue weighted by atomic mass is 9.95. The van der Waals surface area contributed by atoms with E-state index in [4.69, 9.17) is 16.3 Å². The van der Waals surface area contributed by atoms with Gasteiger partial charge in [0.1, 0.15) is 10.6 Å². The average Bonchev–Trinajstić information content (AvgIpc) is 3.35. The van der Waals surface area contributed by atoms with Crippen LogP contribution in [0.4, 0.5) is 5.69 Å². The van der Waals surface area contributed by atoms with Crippen molar-refractivity contribution in [1.29, 1.82) is 0 Å². The molecule has 0 unspecified atom stereocenters. The third-order valence-electron chi connectivity index (χ3n) is 6.78. The summed E-state index contributed by atoms with van der Waals surface area (Å²) in [5.41, 5.74) is 3.03. The molecule has 9 nitrogen and oxygen atoms in total. The number of carbonyl (C=O) groups is 4. The summed E-state index contributed by atoms with van der Waals surface area (Å²) in [6.07, 6.45) is 6.39. The Kier molecular flexibility index (Phi) is 9.25. The molecule has 3 N–H and O–H groups in total. The van der Waals surface area contributed by atoms with E-state index >= 15 is 0 Å². The largest absolute Gasteiger partial charge is 0.422 e. The Morgan fingerprint density at radius 3 is 2.40 bits per heavy atom. The number of thiophene rings is 1. The summed E-state index contributed by atoms with van der Waals surface area (Å²) in [5, 5.41) is 10.4. The molecule has 5 rings (SSSR count). The summed E-state index contributed by atoms with van der Waals surface area (Å²) < 4.78 is 6.44. The Hall–Kier alpha value is -4.54. The summed E-state index contributed by atoms with van der Waals surface area (Å²) >= 11 is 7.64. The number of benzene rings is 3. The minimum Gasteiger partial charge on any atom is -0.422 e. The summed E-state index contributed by atoms with van der Waals surface area (Å²) in [5.74, 6) is -2.78. The van der Waals surface area contributed by atoms with E-state index in [1.54, 1.807) is 48.5 Å². The number of hydrogen-bond donors (Lipinski definition) is 3. The molecule has 1 fully saturated rings. The molecule has 4 aromatic rings. The quantitative estimate of drug-likeness (QED) is 0.0795. The van der Waals surface area contributed by atoms with Crippen LogP contribution in [0.15, 0.2) is 77.9 Å². The van der Waals surface area contributed by atoms with Crippen molar-refractivity contribution in [2.45, 2.75) is 38.1 Å². The Labute approximate surface area is 250 Å². The van der Waals surface area contributed by atoms with E-state index in [1.165, 1.54) is 17.6 Å². The highest BCUT2D eigenvalue weighted by Crippen LogP contribution is 2.36. The minimum atomic E-state index is -1.04. The summed E-state index contributed by atoms with van der Waals surface area (Å²) in [4.78, 5) is 51.1. The molecule has 0 saturated heterocycles. The van der Waals surface area contributed by atoms with Crippen LogP contribution >= 0.6 is 22.9 Å². The van der Waals surface area contributed by atoms with Gasteiger partial charge in [-0.05, 0) is 43.2 Å². The number of hydrazone groups is 1. The monoisotopic (exact) mass is 602 g/mol. The van der Waals surface area contributed by atoms with Gasteiger partial charge in [-0.3, -0.25) is 14.4 Å². The Balaban J connectivity index is 1.20. The van der Waals surface area contributed by atoms with Crippen LogP contribution in [0.2, 0.25) is 5.02 Å². The van der Waals surface area contributed by atoms with Gasteiger partial charge in [0.15, 0.2) is 0 Å². The van der Waals surface area contributed by atoms with Gasteiger partial charge in [-0.15, -0.1) is 11.3 Å². The lowest BCUT2D eigenvalue weighted by Crippen LogP contribution is -2.37. The first kappa shape index (κ1) is 29.0. The van der Waals surface area contributed by atoms with Crippen LogP contribution in [-0.2, 0) is 9.59 Å². The Bertz CT molecular complexity index is 1680. The highest BCUT2D eigenvalue weighted by Gasteiger charge is 2.22. The molecule has 0 spiro atoms. The van der Waals surface area contributed by atoms with E-state index in [2.05, 4.69) is 21.2 Å². The molecule has 0 atom stereocenters. The fourth-order valence-corrected chi connectivity index (χ4v) is 6.05. The number of carbonyl (C=O) groups excluding carboxylic acids is 4. The summed E-state index contributed by atoms with van der Waals surface area (Å²) in [6.45, 7) is 0. The molecule has 11 heteroatoms. The normalized spacial score (nSPS) is 13.5. The fourth-order valence-electron chi connectivity index (χ4n) is 4.66. The van der Waals surface area contributed by atoms with E-state index < -0.39 is 17.8 Å². The number of para-hydroxylation sites is 2. The van der Waals surface area contributed by atoms with Crippen molar-refractivity contribution in [2.24, 2.45) is 5.10 Å². The van der Waals surface area contributed by atoms with Gasteiger partial charge in [0, 0.05) is 21.7 Å². The van der Waals surface area contributed by atoms with Crippen molar-refractivity contribution < 1.29 is 23.9 Å². The van der Waals surface area contributed by atoms with Crippen molar-refractivity contribution in [1.82, 2.24) is 10.7 Å². The van der Waals surface area contributed by atoms with E-state index in [9.17, 15) is 19.2 Å². The average molecular weight is 603 g/mol. The molecule has 0 radical (unpaired) electrons. The number of fused-ring (bicyclic) bond motifs is 1. The van der Waals surface area contributed by atoms with Crippen LogP contribution in [0.1, 0.15) is 57.7 Å². The second-order valence-corrected chi connectivity index (χ2v) is 11.1. The number of halogens is 1. The number of nitrogens with one attached hydrogen (secondary N) is 3. The van der Waals surface area contributed by atoms with Gasteiger partial charge in [0.2, 0.25) is 0 Å². The topological polar surface area (TPSA) is 126 Å². The zero-order valence-corrected chi connectivity index (χ0v) is 24.0. The first-order valence-electron chi connectivity index (χ1n) is 13.4. The predicted octanol–water partition coefficient (Wildman–Crippen LogP) is 5.93. The molecule has 1 heterocycles. The maximum Gasteiger partial charge on any atom is 0.355 e. The first-order chi connectivity index (χ1) is 20.4. The molecular formula is C31H27ClN4O5S. The lowest BCUT2D eigenvalue weighted by Gasteiger charge is -2.23. The number of esters is 1. The van der Waals surface area contributed by atoms with Crippen LogP contribution in [-0.4, -0.2) is 35.9 Å². The first-order valence-corrected chi connectivity index (χ1v) is 14.6. The standard InChI is InChI=1S/C31H27ClN4O5S/c32-26-22-14-6-9-17-25(22)42-27(26)31(40)41-24-16-8-4-10-19(24)18-33-36-30(39)29(38)35-23-15-7-5-13-21(23)28(37)34-20-11-2-1-3-12-20/h4-10,13-18,20H,1-3,11-12H2,(H,34,37)(H,35,38)(H,36,39)/b33-18-. The van der Waals surface area contributed by atoms with E-state index in [0.29, 0.717) is 10.6 Å². The van der Waals surface area contributed by atoms with Crippen molar-refractivity contribution in [3.05, 3.63) is 93.8 Å². The molecule has 3 amide bonds. The number of ether oxygens (including phenoxy) is 1. The van der Waals surface area contributed by atoms with Gasteiger partial charge in [0.25, 0.3) is 5.91 Å². The van der Waals surface area contributed by atoms with Crippen LogP contribution in [0.5, 0.6) is 5.75 Å². The van der Waals surface area contributed by atoms with Crippen LogP contribution < -0.4 is 20.8 Å². The van der Waals surface area contributed by atoms with E-state index in [1.807, 2.05) is 24.3 Å². The van der Waals surface area contributed by atoms with E-state index in [-0.39, 0.29) is 33.8 Å². The van der Waals surface area contributed by atoms with Gasteiger partial charge in [-0.2, -0.15) is 5.10 Å². The summed E-state index contributed by atoms with van der Waals surface area (Å²) in [7, 11) is 0. The van der Waals surface area contributed by atoms with Crippen LogP contribution in [0.3, 0.4) is 0 Å². The fraction of sp³-hybridized carbons (Fsp3) is 0.194. The molecule has 3 aromatic carbocycles. The molecule has 1 aromatic heterocycles. The van der Waals surface area contributed by atoms with Gasteiger partial charge < -0.3 is 15.4 Å². The maximum atomic E-state index is 12.9. The molecule has 1 aliphatic rings. The SMILES string of the molecule is O=C(N/N=C\c1ccccc1OC(=O)c1sc2ccccc2c1Cl)C(=O)Nc1ccccc1C(=O)NC1CCCCC1. The zero-order chi connectivity index (χ0) is 29.5. The van der Waals surface area contributed by atoms with Crippen molar-refractivity contribution >= 4 is 68.6 Å². The van der Waals surface area contributed by atoms with Crippen LogP contribution in [0.25, 0.3) is 10.1 Å². The predicted molar refractivity (Wildman–Crippen MR) is 163 cm³/mol. The maximum absolute atomic E-state index is 12.9. The zero-order valence-electron chi connectivity index (χ0n) is 22.4. The molecule has 1 saturated carbocycles. The molecule has 1 aliphatic carbocycles. The number of amides is 3. The Morgan fingerprint density at radius 1 is 0.881 bits per heavy atom. The minimum absolute atomic E-state index is 0.0942. The second kappa shape index (κ2) is 13.4. The number of nitrogens with zero attached hydrogens (tertiary/aromatic N) is 1. The van der Waals surface area contributed by atoms with Gasteiger partial charge >= 0.3 is 17.8 Å². The Morgan fingerprint density at radius 2 is 1.60 bits per heavy atom. The number of rotatable bonds is 7. The molecule has 0 aliphatic heterocycles.